The Labute approximate surface area is 198 Å². The molecule has 2 aromatic rings. The smallest absolute Gasteiger partial charge is 0.378 e. The van der Waals surface area contributed by atoms with Gasteiger partial charge in [0.1, 0.15) is 0 Å². The van der Waals surface area contributed by atoms with Crippen molar-refractivity contribution in [1.82, 2.24) is 0 Å². The molecule has 1 fully saturated rings. The Balaban J connectivity index is 1.78. The SMILES string of the molecule is Cc1c(C(N)=O)ccc(C2=NOC(c3cc(Cl)cc(Cl)c3)(C(F)(F)F)C2)c1CC1CCCO1. The van der Waals surface area contributed by atoms with Gasteiger partial charge in [-0.15, -0.1) is 0 Å². The van der Waals surface area contributed by atoms with Crippen LogP contribution in [0.5, 0.6) is 0 Å². The molecule has 176 valence electrons. The Morgan fingerprint density at radius 3 is 2.52 bits per heavy atom. The van der Waals surface area contributed by atoms with Crippen molar-refractivity contribution in [3.05, 3.63) is 68.2 Å². The van der Waals surface area contributed by atoms with Gasteiger partial charge in [-0.05, 0) is 61.6 Å². The summed E-state index contributed by atoms with van der Waals surface area (Å²) in [5.74, 6) is -0.615. The molecule has 10 heteroatoms. The molecule has 5 nitrogen and oxygen atoms in total. The lowest BCUT2D eigenvalue weighted by Gasteiger charge is -2.30. The number of nitrogens with zero attached hydrogens (tertiary/aromatic N) is 1. The summed E-state index contributed by atoms with van der Waals surface area (Å²) >= 11 is 12.0. The third-order valence-electron chi connectivity index (χ3n) is 6.15. The summed E-state index contributed by atoms with van der Waals surface area (Å²) < 4.78 is 48.8. The van der Waals surface area contributed by atoms with Crippen molar-refractivity contribution in [2.45, 2.75) is 50.5 Å². The Morgan fingerprint density at radius 2 is 1.94 bits per heavy atom. The van der Waals surface area contributed by atoms with Gasteiger partial charge in [0.05, 0.1) is 11.8 Å². The molecule has 0 bridgehead atoms. The Kier molecular flexibility index (Phi) is 6.37. The lowest BCUT2D eigenvalue weighted by atomic mass is 9.83. The highest BCUT2D eigenvalue weighted by Crippen LogP contribution is 2.50. The summed E-state index contributed by atoms with van der Waals surface area (Å²) in [6.45, 7) is 2.34. The highest BCUT2D eigenvalue weighted by Gasteiger charge is 2.62. The van der Waals surface area contributed by atoms with Gasteiger partial charge in [-0.3, -0.25) is 4.79 Å². The topological polar surface area (TPSA) is 73.9 Å². The minimum Gasteiger partial charge on any atom is -0.378 e. The number of ether oxygens (including phenoxy) is 1. The number of carbonyl (C=O) groups excluding carboxylic acids is 1. The van der Waals surface area contributed by atoms with Crippen molar-refractivity contribution >= 4 is 34.8 Å². The van der Waals surface area contributed by atoms with Crippen LogP contribution in [0.25, 0.3) is 0 Å². The fourth-order valence-electron chi connectivity index (χ4n) is 4.43. The zero-order chi connectivity index (χ0) is 24.0. The van der Waals surface area contributed by atoms with Gasteiger partial charge < -0.3 is 15.3 Å². The van der Waals surface area contributed by atoms with Gasteiger partial charge >= 0.3 is 6.18 Å². The van der Waals surface area contributed by atoms with E-state index in [1.165, 1.54) is 24.3 Å². The predicted octanol–water partition coefficient (Wildman–Crippen LogP) is 5.70. The number of carbonyl (C=O) groups is 1. The maximum absolute atomic E-state index is 14.4. The number of rotatable bonds is 5. The summed E-state index contributed by atoms with van der Waals surface area (Å²) in [7, 11) is 0. The third kappa shape index (κ3) is 4.44. The lowest BCUT2D eigenvalue weighted by molar-refractivity contribution is -0.275. The van der Waals surface area contributed by atoms with Gasteiger partial charge in [0.25, 0.3) is 5.60 Å². The van der Waals surface area contributed by atoms with E-state index in [0.29, 0.717) is 35.3 Å². The summed E-state index contributed by atoms with van der Waals surface area (Å²) in [4.78, 5) is 17.0. The summed E-state index contributed by atoms with van der Waals surface area (Å²) in [6.07, 6.45) is -3.36. The van der Waals surface area contributed by atoms with Crippen LogP contribution in [0.2, 0.25) is 10.0 Å². The first-order valence-electron chi connectivity index (χ1n) is 10.3. The first-order chi connectivity index (χ1) is 15.5. The van der Waals surface area contributed by atoms with E-state index in [1.807, 2.05) is 0 Å². The molecule has 0 aromatic heterocycles. The summed E-state index contributed by atoms with van der Waals surface area (Å²) in [6, 6.07) is 6.76. The molecule has 33 heavy (non-hydrogen) atoms. The largest absolute Gasteiger partial charge is 0.435 e. The van der Waals surface area contributed by atoms with Gasteiger partial charge in [0.2, 0.25) is 5.91 Å². The molecule has 2 aliphatic heterocycles. The average molecular weight is 501 g/mol. The van der Waals surface area contributed by atoms with Crippen LogP contribution in [0.4, 0.5) is 13.2 Å². The number of primary amides is 1. The van der Waals surface area contributed by atoms with Gasteiger partial charge in [0, 0.05) is 39.8 Å². The fourth-order valence-corrected chi connectivity index (χ4v) is 4.95. The number of benzene rings is 2. The summed E-state index contributed by atoms with van der Waals surface area (Å²) in [5.41, 5.74) is 4.65. The van der Waals surface area contributed by atoms with Gasteiger partial charge in [-0.1, -0.05) is 34.4 Å². The van der Waals surface area contributed by atoms with Crippen molar-refractivity contribution in [3.63, 3.8) is 0 Å². The molecule has 2 atom stereocenters. The molecule has 2 unspecified atom stereocenters. The Hall–Kier alpha value is -2.29. The van der Waals surface area contributed by atoms with Gasteiger partial charge in [0.15, 0.2) is 0 Å². The van der Waals surface area contributed by atoms with Gasteiger partial charge in [-0.25, -0.2) is 0 Å². The van der Waals surface area contributed by atoms with E-state index < -0.39 is 24.1 Å². The first kappa shape index (κ1) is 23.9. The van der Waals surface area contributed by atoms with Crippen molar-refractivity contribution in [2.75, 3.05) is 6.61 Å². The molecule has 0 aliphatic carbocycles. The molecule has 1 amide bonds. The third-order valence-corrected chi connectivity index (χ3v) is 6.58. The average Bonchev–Trinajstić information content (AvgIpc) is 3.38. The van der Waals surface area contributed by atoms with Crippen LogP contribution in [0.3, 0.4) is 0 Å². The highest BCUT2D eigenvalue weighted by atomic mass is 35.5. The highest BCUT2D eigenvalue weighted by molar-refractivity contribution is 6.34. The van der Waals surface area contributed by atoms with E-state index in [-0.39, 0.29) is 27.4 Å². The van der Waals surface area contributed by atoms with E-state index in [2.05, 4.69) is 5.16 Å². The molecule has 0 saturated carbocycles. The minimum absolute atomic E-state index is 0.0545. The van der Waals surface area contributed by atoms with Crippen molar-refractivity contribution in [3.8, 4) is 0 Å². The second kappa shape index (κ2) is 8.81. The first-order valence-corrected chi connectivity index (χ1v) is 11.1. The van der Waals surface area contributed by atoms with E-state index in [9.17, 15) is 18.0 Å². The van der Waals surface area contributed by atoms with Crippen molar-refractivity contribution in [1.29, 1.82) is 0 Å². The van der Waals surface area contributed by atoms with Crippen LogP contribution in [-0.4, -0.2) is 30.5 Å². The second-order valence-corrected chi connectivity index (χ2v) is 9.13. The normalized spacial score (nSPS) is 22.8. The number of amides is 1. The number of halogens is 5. The molecule has 2 heterocycles. The molecular formula is C23H21Cl2F3N2O3. The zero-order valence-electron chi connectivity index (χ0n) is 17.6. The molecule has 0 spiro atoms. The van der Waals surface area contributed by atoms with E-state index >= 15 is 0 Å². The van der Waals surface area contributed by atoms with Crippen LogP contribution < -0.4 is 5.73 Å². The van der Waals surface area contributed by atoms with Gasteiger partial charge in [-0.2, -0.15) is 13.2 Å². The molecular weight excluding hydrogens is 480 g/mol. The minimum atomic E-state index is -4.80. The predicted molar refractivity (Wildman–Crippen MR) is 119 cm³/mol. The number of alkyl halides is 3. The molecule has 2 aromatic carbocycles. The van der Waals surface area contributed by atoms with E-state index in [1.54, 1.807) is 13.0 Å². The molecule has 1 saturated heterocycles. The maximum Gasteiger partial charge on any atom is 0.435 e. The van der Waals surface area contributed by atoms with Crippen LogP contribution in [-0.2, 0) is 21.6 Å². The molecule has 2 N–H and O–H groups in total. The molecule has 4 rings (SSSR count). The monoisotopic (exact) mass is 500 g/mol. The van der Waals surface area contributed by atoms with Crippen LogP contribution in [0.15, 0.2) is 35.5 Å². The quantitative estimate of drug-likeness (QED) is 0.571. The maximum atomic E-state index is 14.4. The molecule has 2 aliphatic rings. The number of hydrogen-bond acceptors (Lipinski definition) is 4. The Morgan fingerprint density at radius 1 is 1.24 bits per heavy atom. The second-order valence-electron chi connectivity index (χ2n) is 8.26. The van der Waals surface area contributed by atoms with Crippen LogP contribution in [0.1, 0.15) is 51.9 Å². The van der Waals surface area contributed by atoms with E-state index in [0.717, 1.165) is 12.8 Å². The lowest BCUT2D eigenvalue weighted by Crippen LogP contribution is -2.42. The standard InChI is InChI=1S/C23H21Cl2F3N2O3/c1-12-17(21(29)31)4-5-18(19(12)10-16-3-2-6-32-16)20-11-22(33-30-20,23(26,27)28)13-7-14(24)9-15(25)8-13/h4-5,7-9,16H,2-3,6,10-11H2,1H3,(H2,29,31). The van der Waals surface area contributed by atoms with E-state index in [4.69, 9.17) is 38.5 Å². The van der Waals surface area contributed by atoms with Crippen molar-refractivity contribution < 1.29 is 27.5 Å². The Bertz CT molecular complexity index is 1110. The number of hydrogen-bond donors (Lipinski definition) is 1. The number of oxime groups is 1. The van der Waals surface area contributed by atoms with Crippen LogP contribution >= 0.6 is 23.2 Å². The molecule has 0 radical (unpaired) electrons. The van der Waals surface area contributed by atoms with Crippen LogP contribution in [0, 0.1) is 6.92 Å². The fraction of sp³-hybridized carbons (Fsp3) is 0.391. The zero-order valence-corrected chi connectivity index (χ0v) is 19.2. The van der Waals surface area contributed by atoms with Crippen molar-refractivity contribution in [2.24, 2.45) is 10.9 Å². The summed E-state index contributed by atoms with van der Waals surface area (Å²) in [5, 5.41) is 3.98. The number of nitrogens with two attached hydrogens (primary N) is 1.